The van der Waals surface area contributed by atoms with E-state index in [9.17, 15) is 22.8 Å². The smallest absolute Gasteiger partial charge is 0.406 e. The van der Waals surface area contributed by atoms with Gasteiger partial charge in [0.15, 0.2) is 0 Å². The van der Waals surface area contributed by atoms with Gasteiger partial charge in [-0.3, -0.25) is 9.59 Å². The Morgan fingerprint density at radius 1 is 1.22 bits per heavy atom. The number of hydrogen-bond donors (Lipinski definition) is 2. The predicted octanol–water partition coefficient (Wildman–Crippen LogP) is 3.55. The fourth-order valence-corrected chi connectivity index (χ4v) is 2.42. The summed E-state index contributed by atoms with van der Waals surface area (Å²) >= 11 is 0. The summed E-state index contributed by atoms with van der Waals surface area (Å²) in [5.74, 6) is -0.722. The molecule has 0 fully saturated rings. The van der Waals surface area contributed by atoms with Gasteiger partial charge in [0.2, 0.25) is 11.8 Å². The van der Waals surface area contributed by atoms with Gasteiger partial charge in [-0.2, -0.15) is 13.2 Å². The van der Waals surface area contributed by atoms with Crippen molar-refractivity contribution in [3.63, 3.8) is 0 Å². The summed E-state index contributed by atoms with van der Waals surface area (Å²) in [6, 6.07) is 8.08. The van der Waals surface area contributed by atoms with Crippen LogP contribution in [0.1, 0.15) is 18.2 Å². The summed E-state index contributed by atoms with van der Waals surface area (Å²) in [6.45, 7) is 1.15. The van der Waals surface area contributed by atoms with E-state index in [1.54, 1.807) is 31.2 Å². The molecule has 0 bridgehead atoms. The molecular weight excluding hydrogens is 363 g/mol. The van der Waals surface area contributed by atoms with Gasteiger partial charge in [-0.15, -0.1) is 0 Å². The van der Waals surface area contributed by atoms with E-state index in [2.05, 4.69) is 10.6 Å². The van der Waals surface area contributed by atoms with Gasteiger partial charge in [-0.1, -0.05) is 6.07 Å². The number of hydrogen-bond acceptors (Lipinski definition) is 4. The van der Waals surface area contributed by atoms with Crippen molar-refractivity contribution < 1.29 is 27.2 Å². The maximum Gasteiger partial charge on any atom is 0.406 e. The lowest BCUT2D eigenvalue weighted by Crippen LogP contribution is -2.41. The summed E-state index contributed by atoms with van der Waals surface area (Å²) < 4.78 is 43.5. The van der Waals surface area contributed by atoms with Crippen molar-refractivity contribution in [2.45, 2.75) is 26.6 Å². The van der Waals surface area contributed by atoms with Crippen LogP contribution < -0.4 is 10.6 Å². The topological polar surface area (TPSA) is 74.6 Å². The summed E-state index contributed by atoms with van der Waals surface area (Å²) in [7, 11) is 0. The van der Waals surface area contributed by atoms with Gasteiger partial charge in [0.05, 0.1) is 19.4 Å². The van der Waals surface area contributed by atoms with Crippen molar-refractivity contribution in [3.8, 4) is 0 Å². The van der Waals surface area contributed by atoms with E-state index in [0.717, 1.165) is 5.56 Å². The Morgan fingerprint density at radius 2 is 1.96 bits per heavy atom. The molecule has 2 N–H and O–H groups in total. The fourth-order valence-electron chi connectivity index (χ4n) is 2.42. The van der Waals surface area contributed by atoms with Gasteiger partial charge in [-0.25, -0.2) is 0 Å². The summed E-state index contributed by atoms with van der Waals surface area (Å²) in [6.07, 6.45) is -3.19. The highest BCUT2D eigenvalue weighted by Gasteiger charge is 2.33. The second-order valence-corrected chi connectivity index (χ2v) is 6.01. The van der Waals surface area contributed by atoms with Gasteiger partial charge in [0, 0.05) is 18.3 Å². The van der Waals surface area contributed by atoms with Crippen molar-refractivity contribution in [2.24, 2.45) is 0 Å². The first-order valence-electron chi connectivity index (χ1n) is 8.13. The number of aryl methyl sites for hydroxylation is 1. The molecule has 0 aliphatic rings. The third-order valence-electron chi connectivity index (χ3n) is 3.64. The number of anilines is 2. The van der Waals surface area contributed by atoms with Crippen LogP contribution in [0.4, 0.5) is 24.5 Å². The molecule has 2 rings (SSSR count). The van der Waals surface area contributed by atoms with E-state index in [0.29, 0.717) is 16.3 Å². The zero-order chi connectivity index (χ0) is 20.0. The van der Waals surface area contributed by atoms with Crippen molar-refractivity contribution in [3.05, 3.63) is 47.9 Å². The lowest BCUT2D eigenvalue weighted by atomic mass is 10.1. The number of furan rings is 1. The summed E-state index contributed by atoms with van der Waals surface area (Å²) in [4.78, 5) is 24.2. The third kappa shape index (κ3) is 6.69. The molecule has 6 nitrogen and oxygen atoms in total. The second kappa shape index (κ2) is 8.61. The minimum Gasteiger partial charge on any atom is -0.467 e. The van der Waals surface area contributed by atoms with Gasteiger partial charge >= 0.3 is 6.18 Å². The van der Waals surface area contributed by atoms with E-state index in [-0.39, 0.29) is 24.8 Å². The van der Waals surface area contributed by atoms with Crippen LogP contribution in [-0.4, -0.2) is 36.0 Å². The summed E-state index contributed by atoms with van der Waals surface area (Å²) in [5.41, 5.74) is 1.84. The Kier molecular flexibility index (Phi) is 6.49. The normalized spacial score (nSPS) is 11.1. The predicted molar refractivity (Wildman–Crippen MR) is 94.2 cm³/mol. The molecule has 2 aromatic rings. The highest BCUT2D eigenvalue weighted by atomic mass is 19.4. The van der Waals surface area contributed by atoms with Gasteiger partial charge in [0.1, 0.15) is 12.3 Å². The maximum absolute atomic E-state index is 12.8. The molecule has 1 aromatic carbocycles. The Balaban J connectivity index is 2.07. The largest absolute Gasteiger partial charge is 0.467 e. The Hall–Kier alpha value is -2.97. The van der Waals surface area contributed by atoms with Crippen LogP contribution in [-0.2, 0) is 16.1 Å². The molecular formula is C18H20F3N3O3. The maximum atomic E-state index is 12.8. The van der Waals surface area contributed by atoms with Crippen LogP contribution in [0.25, 0.3) is 0 Å². The zero-order valence-electron chi connectivity index (χ0n) is 14.9. The molecule has 0 saturated heterocycles. The van der Waals surface area contributed by atoms with Crippen molar-refractivity contribution in [1.82, 2.24) is 4.90 Å². The number of nitrogens with zero attached hydrogens (tertiary/aromatic N) is 1. The van der Waals surface area contributed by atoms with Crippen LogP contribution >= 0.6 is 0 Å². The van der Waals surface area contributed by atoms with E-state index in [1.165, 1.54) is 19.3 Å². The number of carbonyl (C=O) groups excluding carboxylic acids is 2. The van der Waals surface area contributed by atoms with E-state index in [1.807, 2.05) is 0 Å². The average Bonchev–Trinajstić information content (AvgIpc) is 3.05. The number of amides is 2. The Labute approximate surface area is 154 Å². The van der Waals surface area contributed by atoms with E-state index < -0.39 is 18.6 Å². The number of rotatable bonds is 7. The van der Waals surface area contributed by atoms with Crippen molar-refractivity contribution >= 4 is 23.2 Å². The number of carbonyl (C=O) groups is 2. The number of alkyl halides is 3. The Bertz CT molecular complexity index is 789. The third-order valence-corrected chi connectivity index (χ3v) is 3.64. The molecule has 0 aliphatic carbocycles. The molecule has 0 atom stereocenters. The van der Waals surface area contributed by atoms with Gasteiger partial charge < -0.3 is 20.0 Å². The average molecular weight is 383 g/mol. The van der Waals surface area contributed by atoms with Crippen LogP contribution in [0.15, 0.2) is 41.0 Å². The molecule has 0 saturated carbocycles. The van der Waals surface area contributed by atoms with Crippen LogP contribution in [0, 0.1) is 6.92 Å². The minimum atomic E-state index is -4.52. The quantitative estimate of drug-likeness (QED) is 0.767. The first-order valence-corrected chi connectivity index (χ1v) is 8.13. The standard InChI is InChI=1S/C18H20F3N3O3/c1-12-5-6-14(23-13(2)25)8-16(12)22-9-17(26)24(11-18(19,20)21)10-15-4-3-7-27-15/h3-8,22H,9-11H2,1-2H3,(H,23,25). The molecule has 9 heteroatoms. The van der Waals surface area contributed by atoms with Crippen LogP contribution in [0.2, 0.25) is 0 Å². The first-order chi connectivity index (χ1) is 12.6. The molecule has 0 aliphatic heterocycles. The molecule has 0 spiro atoms. The summed E-state index contributed by atoms with van der Waals surface area (Å²) in [5, 5.41) is 5.44. The van der Waals surface area contributed by atoms with Crippen LogP contribution in [0.3, 0.4) is 0 Å². The van der Waals surface area contributed by atoms with Crippen LogP contribution in [0.5, 0.6) is 0 Å². The van der Waals surface area contributed by atoms with E-state index in [4.69, 9.17) is 4.42 Å². The monoisotopic (exact) mass is 383 g/mol. The SMILES string of the molecule is CC(=O)Nc1ccc(C)c(NCC(=O)N(Cc2ccco2)CC(F)(F)F)c1. The Morgan fingerprint density at radius 3 is 2.56 bits per heavy atom. The molecule has 27 heavy (non-hydrogen) atoms. The van der Waals surface area contributed by atoms with Crippen molar-refractivity contribution in [1.29, 1.82) is 0 Å². The second-order valence-electron chi connectivity index (χ2n) is 6.01. The van der Waals surface area contributed by atoms with Gasteiger partial charge in [0.25, 0.3) is 0 Å². The highest BCUT2D eigenvalue weighted by molar-refractivity contribution is 5.89. The van der Waals surface area contributed by atoms with Crippen molar-refractivity contribution in [2.75, 3.05) is 23.7 Å². The highest BCUT2D eigenvalue weighted by Crippen LogP contribution is 2.21. The van der Waals surface area contributed by atoms with Gasteiger partial charge in [-0.05, 0) is 36.8 Å². The molecule has 146 valence electrons. The molecule has 2 amide bonds. The lowest BCUT2D eigenvalue weighted by Gasteiger charge is -2.23. The number of nitrogens with one attached hydrogen (secondary N) is 2. The zero-order valence-corrected chi connectivity index (χ0v) is 14.9. The first kappa shape index (κ1) is 20.3. The molecule has 0 radical (unpaired) electrons. The molecule has 1 aromatic heterocycles. The fraction of sp³-hybridized carbons (Fsp3) is 0.333. The minimum absolute atomic E-state index is 0.254. The number of halogens is 3. The molecule has 1 heterocycles. The molecule has 0 unspecified atom stereocenters. The number of benzene rings is 1. The van der Waals surface area contributed by atoms with E-state index >= 15 is 0 Å². The lowest BCUT2D eigenvalue weighted by molar-refractivity contribution is -0.161.